The predicted molar refractivity (Wildman–Crippen MR) is 138 cm³/mol. The van der Waals surface area contributed by atoms with Crippen LogP contribution in [0, 0.1) is 0 Å². The van der Waals surface area contributed by atoms with E-state index >= 15 is 0 Å². The molecule has 188 valence electrons. The van der Waals surface area contributed by atoms with Crippen LogP contribution in [0.5, 0.6) is 17.2 Å². The molecule has 1 unspecified atom stereocenters. The van der Waals surface area contributed by atoms with Gasteiger partial charge in [0, 0.05) is 24.6 Å². The molecule has 0 fully saturated rings. The van der Waals surface area contributed by atoms with Crippen LogP contribution in [0.4, 0.5) is 5.82 Å². The van der Waals surface area contributed by atoms with Crippen LogP contribution in [0.3, 0.4) is 0 Å². The first-order valence-electron chi connectivity index (χ1n) is 10.1. The van der Waals surface area contributed by atoms with Crippen LogP contribution in [-0.4, -0.2) is 48.2 Å². The van der Waals surface area contributed by atoms with Crippen LogP contribution >= 0.6 is 24.4 Å². The lowest BCUT2D eigenvalue weighted by Gasteiger charge is -2.14. The van der Waals surface area contributed by atoms with Gasteiger partial charge in [-0.1, -0.05) is 0 Å². The van der Waals surface area contributed by atoms with E-state index in [1.54, 1.807) is 6.07 Å². The summed E-state index contributed by atoms with van der Waals surface area (Å²) in [6, 6.07) is 10.5. The first kappa shape index (κ1) is 28.4. The van der Waals surface area contributed by atoms with Crippen LogP contribution in [0.25, 0.3) is 0 Å². The third-order valence-electron chi connectivity index (χ3n) is 4.31. The van der Waals surface area contributed by atoms with Gasteiger partial charge in [-0.2, -0.15) is 0 Å². The smallest absolute Gasteiger partial charge is 0.257 e. The molecule has 35 heavy (non-hydrogen) atoms. The van der Waals surface area contributed by atoms with Crippen molar-refractivity contribution in [3.63, 3.8) is 0 Å². The van der Waals surface area contributed by atoms with E-state index in [4.69, 9.17) is 9.47 Å². The molecule has 0 saturated carbocycles. The molecule has 2 aromatic carbocycles. The Kier molecular flexibility index (Phi) is 9.18. The van der Waals surface area contributed by atoms with Crippen molar-refractivity contribution in [2.45, 2.75) is 24.8 Å². The average molecular weight is 586 g/mol. The largest absolute Gasteiger partial charge is 0.491 e. The molecule has 1 amide bonds. The third kappa shape index (κ3) is 8.14. The molecule has 0 saturated heterocycles. The number of rotatable bonds is 8. The highest BCUT2D eigenvalue weighted by molar-refractivity contribution is 8.93. The van der Waals surface area contributed by atoms with Gasteiger partial charge >= 0.3 is 0 Å². The van der Waals surface area contributed by atoms with Gasteiger partial charge in [0.05, 0.1) is 23.4 Å². The number of anilines is 1. The Labute approximate surface area is 213 Å². The molecule has 0 aliphatic rings. The second kappa shape index (κ2) is 11.3. The SMILES string of the molecule is Br.CC(C)Oc1cc(Oc2ccc(S(C)(=O)=O)cc2)cc(C(=O)Nc2cnc(P(C)(=O)O)cn2)c1. The van der Waals surface area contributed by atoms with Crippen molar-refractivity contribution in [1.29, 1.82) is 0 Å². The maximum Gasteiger partial charge on any atom is 0.257 e. The van der Waals surface area contributed by atoms with Crippen molar-refractivity contribution >= 4 is 51.3 Å². The highest BCUT2D eigenvalue weighted by atomic mass is 79.9. The fourth-order valence-corrected chi connectivity index (χ4v) is 3.96. The van der Waals surface area contributed by atoms with Gasteiger partial charge in [0.25, 0.3) is 5.91 Å². The first-order chi connectivity index (χ1) is 15.8. The predicted octanol–water partition coefficient (Wildman–Crippen LogP) is 3.82. The topological polar surface area (TPSA) is 145 Å². The van der Waals surface area contributed by atoms with Crippen molar-refractivity contribution in [3.05, 3.63) is 60.4 Å². The number of carbonyl (C=O) groups is 1. The zero-order valence-electron chi connectivity index (χ0n) is 19.3. The first-order valence-corrected chi connectivity index (χ1v) is 14.0. The summed E-state index contributed by atoms with van der Waals surface area (Å²) in [6.07, 6.45) is 3.27. The molecular formula is C22H25BrN3O7PS. The van der Waals surface area contributed by atoms with Gasteiger partial charge in [-0.25, -0.2) is 18.4 Å². The lowest BCUT2D eigenvalue weighted by atomic mass is 10.2. The number of amides is 1. The number of hydrogen-bond donors (Lipinski definition) is 2. The normalized spacial score (nSPS) is 12.9. The molecule has 0 spiro atoms. The number of hydrogen-bond acceptors (Lipinski definition) is 8. The quantitative estimate of drug-likeness (QED) is 0.377. The van der Waals surface area contributed by atoms with Crippen LogP contribution in [-0.2, 0) is 14.4 Å². The van der Waals surface area contributed by atoms with Gasteiger partial charge in [-0.05, 0) is 50.2 Å². The fraction of sp³-hybridized carbons (Fsp3) is 0.227. The van der Waals surface area contributed by atoms with Crippen molar-refractivity contribution in [3.8, 4) is 17.2 Å². The molecule has 3 rings (SSSR count). The van der Waals surface area contributed by atoms with E-state index in [9.17, 15) is 22.7 Å². The second-order valence-electron chi connectivity index (χ2n) is 7.80. The van der Waals surface area contributed by atoms with Gasteiger partial charge in [0.2, 0.25) is 7.37 Å². The lowest BCUT2D eigenvalue weighted by Crippen LogP contribution is -2.16. The number of benzene rings is 2. The summed E-state index contributed by atoms with van der Waals surface area (Å²) in [4.78, 5) is 30.4. The molecule has 10 nitrogen and oxygen atoms in total. The Morgan fingerprint density at radius 1 is 1.03 bits per heavy atom. The highest BCUT2D eigenvalue weighted by Crippen LogP contribution is 2.32. The molecule has 13 heteroatoms. The maximum absolute atomic E-state index is 12.8. The number of halogens is 1. The molecule has 3 aromatic rings. The number of nitrogens with zero attached hydrogens (tertiary/aromatic N) is 2. The van der Waals surface area contributed by atoms with E-state index in [1.807, 2.05) is 13.8 Å². The zero-order valence-corrected chi connectivity index (χ0v) is 22.8. The molecule has 0 aliphatic carbocycles. The average Bonchev–Trinajstić information content (AvgIpc) is 2.72. The van der Waals surface area contributed by atoms with Crippen molar-refractivity contribution in [2.75, 3.05) is 18.2 Å². The second-order valence-corrected chi connectivity index (χ2v) is 12.0. The Bertz CT molecular complexity index is 1340. The number of ether oxygens (including phenoxy) is 2. The van der Waals surface area contributed by atoms with Gasteiger partial charge in [-0.3, -0.25) is 9.36 Å². The van der Waals surface area contributed by atoms with E-state index in [0.717, 1.165) is 19.1 Å². The lowest BCUT2D eigenvalue weighted by molar-refractivity contribution is 0.102. The summed E-state index contributed by atoms with van der Waals surface area (Å²) < 4.78 is 46.5. The van der Waals surface area contributed by atoms with Crippen LogP contribution in [0.15, 0.2) is 59.8 Å². The fourth-order valence-electron chi connectivity index (χ4n) is 2.78. The zero-order chi connectivity index (χ0) is 25.1. The summed E-state index contributed by atoms with van der Waals surface area (Å²) in [7, 11) is -6.90. The monoisotopic (exact) mass is 585 g/mol. The molecule has 1 aromatic heterocycles. The maximum atomic E-state index is 12.8. The Balaban J connectivity index is 0.00000432. The summed E-state index contributed by atoms with van der Waals surface area (Å²) in [5.74, 6) is 0.617. The Hall–Kier alpha value is -2.79. The van der Waals surface area contributed by atoms with Crippen LogP contribution in [0.1, 0.15) is 24.2 Å². The molecule has 2 N–H and O–H groups in total. The number of nitrogens with one attached hydrogen (secondary N) is 1. The summed E-state index contributed by atoms with van der Waals surface area (Å²) in [5.41, 5.74) is 0.130. The number of sulfone groups is 1. The van der Waals surface area contributed by atoms with Crippen molar-refractivity contribution in [1.82, 2.24) is 9.97 Å². The van der Waals surface area contributed by atoms with E-state index in [-0.39, 0.29) is 44.8 Å². The summed E-state index contributed by atoms with van der Waals surface area (Å²) >= 11 is 0. The molecule has 0 bridgehead atoms. The van der Waals surface area contributed by atoms with E-state index in [2.05, 4.69) is 15.3 Å². The highest BCUT2D eigenvalue weighted by Gasteiger charge is 2.17. The minimum atomic E-state index is -3.56. The van der Waals surface area contributed by atoms with Crippen LogP contribution < -0.4 is 20.2 Å². The molecule has 0 aliphatic heterocycles. The molecule has 1 heterocycles. The van der Waals surface area contributed by atoms with Gasteiger partial charge in [-0.15, -0.1) is 17.0 Å². The molecule has 1 atom stereocenters. The summed E-state index contributed by atoms with van der Waals surface area (Å²) in [6.45, 7) is 4.82. The standard InChI is InChI=1S/C22H24N3O7PS.BrH/c1-14(2)31-17-9-15(22(26)25-20-12-24-21(13-23-20)33(3,27)28)10-18(11-17)32-16-5-7-19(8-6-16)34(4,29)30;/h5-14H,1-4H3,(H,27,28)(H,23,25,26);1H. The third-order valence-corrected chi connectivity index (χ3v) is 6.52. The Morgan fingerprint density at radius 3 is 2.17 bits per heavy atom. The van der Waals surface area contributed by atoms with Crippen LogP contribution in [0.2, 0.25) is 0 Å². The number of carbonyl (C=O) groups excluding carboxylic acids is 1. The van der Waals surface area contributed by atoms with Crippen molar-refractivity contribution < 1.29 is 32.1 Å². The molecular weight excluding hydrogens is 561 g/mol. The number of aromatic nitrogens is 2. The van der Waals surface area contributed by atoms with E-state index in [1.165, 1.54) is 42.6 Å². The van der Waals surface area contributed by atoms with E-state index < -0.39 is 23.1 Å². The van der Waals surface area contributed by atoms with Gasteiger partial charge < -0.3 is 19.7 Å². The van der Waals surface area contributed by atoms with Gasteiger partial charge in [0.15, 0.2) is 15.7 Å². The minimum Gasteiger partial charge on any atom is -0.491 e. The van der Waals surface area contributed by atoms with Crippen molar-refractivity contribution in [2.24, 2.45) is 0 Å². The summed E-state index contributed by atoms with van der Waals surface area (Å²) in [5, 5.41) is 2.57. The van der Waals surface area contributed by atoms with E-state index in [0.29, 0.717) is 17.2 Å². The molecule has 0 radical (unpaired) electrons. The Morgan fingerprint density at radius 2 is 1.66 bits per heavy atom. The van der Waals surface area contributed by atoms with Gasteiger partial charge in [0.1, 0.15) is 22.7 Å². The minimum absolute atomic E-state index is 0.